The zero-order chi connectivity index (χ0) is 21.6. The summed E-state index contributed by atoms with van der Waals surface area (Å²) in [7, 11) is 0. The summed E-state index contributed by atoms with van der Waals surface area (Å²) in [6, 6.07) is 12.0. The quantitative estimate of drug-likeness (QED) is 0.299. The molecule has 9 heteroatoms. The number of carbonyl (C=O) groups excluding carboxylic acids is 2. The summed E-state index contributed by atoms with van der Waals surface area (Å²) < 4.78 is 48.7. The van der Waals surface area contributed by atoms with E-state index in [9.17, 15) is 27.3 Å². The molecule has 0 unspecified atom stereocenters. The van der Waals surface area contributed by atoms with Crippen LogP contribution in [0.4, 0.5) is 30.2 Å². The second kappa shape index (κ2) is 7.19. The molecule has 4 rings (SSSR count). The van der Waals surface area contributed by atoms with Gasteiger partial charge in [0.15, 0.2) is 11.6 Å². The Balaban J connectivity index is 1.90. The molecule has 4 N–H and O–H groups in total. The lowest BCUT2D eigenvalue weighted by Crippen LogP contribution is -2.24. The number of alkyl halides is 3. The van der Waals surface area contributed by atoms with E-state index in [1.54, 1.807) is 12.1 Å². The number of hydrogen-bond acceptors (Lipinski definition) is 6. The Morgan fingerprint density at radius 1 is 0.900 bits per heavy atom. The van der Waals surface area contributed by atoms with Crippen LogP contribution in [0.3, 0.4) is 0 Å². The molecule has 0 saturated carbocycles. The monoisotopic (exact) mass is 430 g/mol. The highest BCUT2D eigenvalue weighted by molar-refractivity contribution is 7.94. The van der Waals surface area contributed by atoms with Crippen molar-refractivity contribution >= 4 is 40.7 Å². The second-order valence-electron chi connectivity index (χ2n) is 6.58. The molecule has 5 nitrogen and oxygen atoms in total. The molecule has 3 aromatic carbocycles. The van der Waals surface area contributed by atoms with Gasteiger partial charge in [0.25, 0.3) is 0 Å². The molecule has 1 aliphatic rings. The standard InChI is InChI=1S/C21H13F3N2O3S/c22-21(23,24)10-4-3-5-11(8-10)26-14-9-15(30-29)18(25)17-16(14)19(27)12-6-1-2-7-13(12)20(17)28/h1-9,26,29H,25H2. The van der Waals surface area contributed by atoms with Crippen LogP contribution in [0.1, 0.15) is 37.4 Å². The maximum atomic E-state index is 13.1. The van der Waals surface area contributed by atoms with E-state index >= 15 is 0 Å². The van der Waals surface area contributed by atoms with Gasteiger partial charge in [0, 0.05) is 28.9 Å². The Kier molecular flexibility index (Phi) is 4.79. The van der Waals surface area contributed by atoms with Crippen LogP contribution in [0.2, 0.25) is 0 Å². The fraction of sp³-hybridized carbons (Fsp3) is 0.0476. The van der Waals surface area contributed by atoms with Gasteiger partial charge in [-0.2, -0.15) is 13.2 Å². The summed E-state index contributed by atoms with van der Waals surface area (Å²) in [5.41, 5.74) is 5.43. The zero-order valence-corrected chi connectivity index (χ0v) is 15.9. The third-order valence-electron chi connectivity index (χ3n) is 4.77. The molecule has 0 aliphatic heterocycles. The first-order chi connectivity index (χ1) is 14.2. The topological polar surface area (TPSA) is 92.4 Å². The minimum Gasteiger partial charge on any atom is -0.397 e. The molecule has 0 atom stereocenters. The summed E-state index contributed by atoms with van der Waals surface area (Å²) >= 11 is 0.276. The maximum absolute atomic E-state index is 13.1. The largest absolute Gasteiger partial charge is 0.416 e. The average Bonchev–Trinajstić information content (AvgIpc) is 2.72. The summed E-state index contributed by atoms with van der Waals surface area (Å²) in [5.74, 6) is -0.989. The van der Waals surface area contributed by atoms with E-state index in [1.807, 2.05) is 0 Å². The Morgan fingerprint density at radius 3 is 2.13 bits per heavy atom. The minimum atomic E-state index is -4.55. The number of fused-ring (bicyclic) bond motifs is 2. The highest BCUT2D eigenvalue weighted by atomic mass is 32.2. The zero-order valence-electron chi connectivity index (χ0n) is 15.1. The van der Waals surface area contributed by atoms with Crippen LogP contribution in [-0.4, -0.2) is 16.1 Å². The lowest BCUT2D eigenvalue weighted by Gasteiger charge is -2.23. The average molecular weight is 430 g/mol. The Bertz CT molecular complexity index is 1210. The number of nitrogens with one attached hydrogen (secondary N) is 1. The molecule has 0 fully saturated rings. The molecule has 30 heavy (non-hydrogen) atoms. The van der Waals surface area contributed by atoms with E-state index in [2.05, 4.69) is 5.32 Å². The molecule has 0 amide bonds. The number of nitrogens with two attached hydrogens (primary N) is 1. The molecule has 0 heterocycles. The number of nitrogen functional groups attached to an aromatic ring is 1. The van der Waals surface area contributed by atoms with Crippen molar-refractivity contribution in [1.29, 1.82) is 0 Å². The van der Waals surface area contributed by atoms with E-state index in [1.165, 1.54) is 30.3 Å². The summed E-state index contributed by atoms with van der Waals surface area (Å²) in [6.45, 7) is 0. The van der Waals surface area contributed by atoms with Gasteiger partial charge in [-0.05, 0) is 24.3 Å². The fourth-order valence-corrected chi connectivity index (χ4v) is 3.77. The number of anilines is 3. The van der Waals surface area contributed by atoms with Gasteiger partial charge in [0.05, 0.1) is 33.0 Å². The summed E-state index contributed by atoms with van der Waals surface area (Å²) in [5, 5.41) is 2.78. The van der Waals surface area contributed by atoms with E-state index in [0.717, 1.165) is 12.1 Å². The molecule has 0 spiro atoms. The Morgan fingerprint density at radius 2 is 1.53 bits per heavy atom. The van der Waals surface area contributed by atoms with Crippen molar-refractivity contribution in [2.24, 2.45) is 0 Å². The highest BCUT2D eigenvalue weighted by Crippen LogP contribution is 2.41. The molecule has 152 valence electrons. The van der Waals surface area contributed by atoms with Gasteiger partial charge in [-0.15, -0.1) is 0 Å². The normalized spacial score (nSPS) is 13.1. The van der Waals surface area contributed by atoms with Crippen molar-refractivity contribution < 1.29 is 27.3 Å². The molecular weight excluding hydrogens is 417 g/mol. The van der Waals surface area contributed by atoms with Crippen molar-refractivity contribution in [2.45, 2.75) is 11.1 Å². The van der Waals surface area contributed by atoms with Crippen LogP contribution in [-0.2, 0) is 6.18 Å². The molecule has 3 aromatic rings. The van der Waals surface area contributed by atoms with Crippen molar-refractivity contribution in [2.75, 3.05) is 11.1 Å². The number of benzene rings is 3. The highest BCUT2D eigenvalue weighted by Gasteiger charge is 2.35. The van der Waals surface area contributed by atoms with Gasteiger partial charge < -0.3 is 15.6 Å². The van der Waals surface area contributed by atoms with Gasteiger partial charge in [-0.25, -0.2) is 0 Å². The molecular formula is C21H13F3N2O3S. The van der Waals surface area contributed by atoms with Crippen molar-refractivity contribution in [1.82, 2.24) is 0 Å². The van der Waals surface area contributed by atoms with Crippen LogP contribution in [0.15, 0.2) is 59.5 Å². The third kappa shape index (κ3) is 3.21. The second-order valence-corrected chi connectivity index (χ2v) is 7.21. The molecule has 0 radical (unpaired) electrons. The van der Waals surface area contributed by atoms with E-state index < -0.39 is 23.3 Å². The smallest absolute Gasteiger partial charge is 0.397 e. The predicted molar refractivity (Wildman–Crippen MR) is 107 cm³/mol. The van der Waals surface area contributed by atoms with Crippen LogP contribution in [0.25, 0.3) is 0 Å². The molecule has 0 bridgehead atoms. The first kappa shape index (κ1) is 20.0. The van der Waals surface area contributed by atoms with Crippen LogP contribution in [0, 0.1) is 0 Å². The number of halogens is 3. The number of ketones is 2. The Labute approximate surface area is 172 Å². The minimum absolute atomic E-state index is 0.0496. The third-order valence-corrected chi connectivity index (χ3v) is 5.30. The van der Waals surface area contributed by atoms with Gasteiger partial charge in [0.1, 0.15) is 0 Å². The number of hydrogen-bond donors (Lipinski definition) is 3. The maximum Gasteiger partial charge on any atom is 0.416 e. The summed E-state index contributed by atoms with van der Waals surface area (Å²) in [6.07, 6.45) is -4.55. The first-order valence-electron chi connectivity index (χ1n) is 8.63. The van der Waals surface area contributed by atoms with Crippen molar-refractivity contribution in [3.63, 3.8) is 0 Å². The molecule has 1 aliphatic carbocycles. The molecule has 0 saturated heterocycles. The SMILES string of the molecule is Nc1c(SO)cc(Nc2cccc(C(F)(F)F)c2)c2c1C(=O)c1ccccc1C2=O. The predicted octanol–water partition coefficient (Wildman–Crippen LogP) is 5.37. The van der Waals surface area contributed by atoms with Crippen LogP contribution in [0.5, 0.6) is 0 Å². The lowest BCUT2D eigenvalue weighted by atomic mass is 9.82. The van der Waals surface area contributed by atoms with Crippen LogP contribution < -0.4 is 11.1 Å². The van der Waals surface area contributed by atoms with Gasteiger partial charge >= 0.3 is 6.18 Å². The van der Waals surface area contributed by atoms with Crippen molar-refractivity contribution in [3.05, 3.63) is 82.4 Å². The molecule has 0 aromatic heterocycles. The van der Waals surface area contributed by atoms with Crippen molar-refractivity contribution in [3.8, 4) is 0 Å². The van der Waals surface area contributed by atoms with Gasteiger partial charge in [-0.3, -0.25) is 9.59 Å². The van der Waals surface area contributed by atoms with Gasteiger partial charge in [-0.1, -0.05) is 30.3 Å². The first-order valence-corrected chi connectivity index (χ1v) is 9.40. The van der Waals surface area contributed by atoms with E-state index in [-0.39, 0.29) is 56.3 Å². The fourth-order valence-electron chi connectivity index (χ4n) is 3.40. The lowest BCUT2D eigenvalue weighted by molar-refractivity contribution is -0.137. The Hall–Kier alpha value is -3.30. The van der Waals surface area contributed by atoms with E-state index in [4.69, 9.17) is 5.73 Å². The number of carbonyl (C=O) groups is 2. The summed E-state index contributed by atoms with van der Waals surface area (Å²) in [4.78, 5) is 26.3. The van der Waals surface area contributed by atoms with E-state index in [0.29, 0.717) is 0 Å². The van der Waals surface area contributed by atoms with Crippen LogP contribution >= 0.6 is 12.0 Å². The number of rotatable bonds is 3. The van der Waals surface area contributed by atoms with Gasteiger partial charge in [0.2, 0.25) is 0 Å².